The highest BCUT2D eigenvalue weighted by molar-refractivity contribution is 7.91. The van der Waals surface area contributed by atoms with E-state index >= 15 is 0 Å². The number of sulfone groups is 1. The fraction of sp³-hybridized carbons (Fsp3) is 0.250. The van der Waals surface area contributed by atoms with Crippen molar-refractivity contribution in [3.63, 3.8) is 0 Å². The number of benzene rings is 2. The van der Waals surface area contributed by atoms with Crippen molar-refractivity contribution in [3.05, 3.63) is 65.0 Å². The number of aromatic nitrogens is 1. The van der Waals surface area contributed by atoms with E-state index in [-0.39, 0.29) is 9.79 Å². The molecule has 0 aliphatic carbocycles. The van der Waals surface area contributed by atoms with Crippen LogP contribution in [-0.4, -0.2) is 20.1 Å². The third-order valence-corrected chi connectivity index (χ3v) is 6.11. The second-order valence-corrected chi connectivity index (χ2v) is 7.99. The molecular weight excluding hydrogens is 350 g/mol. The first-order valence-electron chi connectivity index (χ1n) is 8.50. The molecule has 0 fully saturated rings. The van der Waals surface area contributed by atoms with Crippen LogP contribution in [-0.2, 0) is 16.4 Å². The summed E-state index contributed by atoms with van der Waals surface area (Å²) < 4.78 is 33.1. The van der Waals surface area contributed by atoms with Crippen molar-refractivity contribution in [2.45, 2.75) is 36.1 Å². The Morgan fingerprint density at radius 3 is 2.46 bits per heavy atom. The van der Waals surface area contributed by atoms with Crippen molar-refractivity contribution >= 4 is 20.7 Å². The third kappa shape index (κ3) is 3.24. The summed E-state index contributed by atoms with van der Waals surface area (Å²) in [5, 5.41) is 0.345. The summed E-state index contributed by atoms with van der Waals surface area (Å²) in [6.45, 7) is 2.70. The lowest BCUT2D eigenvalue weighted by molar-refractivity contribution is 0.415. The first kappa shape index (κ1) is 18.2. The summed E-state index contributed by atoms with van der Waals surface area (Å²) in [7, 11) is -2.39. The van der Waals surface area contributed by atoms with Gasteiger partial charge in [-0.05, 0) is 36.8 Å². The molecule has 0 saturated carbocycles. The van der Waals surface area contributed by atoms with Gasteiger partial charge in [-0.3, -0.25) is 4.79 Å². The van der Waals surface area contributed by atoms with E-state index in [4.69, 9.17) is 4.74 Å². The molecule has 1 aromatic heterocycles. The predicted octanol–water partition coefficient (Wildman–Crippen LogP) is 3.64. The van der Waals surface area contributed by atoms with Crippen molar-refractivity contribution in [2.24, 2.45) is 0 Å². The highest BCUT2D eigenvalue weighted by atomic mass is 32.2. The number of nitrogens with zero attached hydrogens (tertiary/aromatic N) is 1. The number of ether oxygens (including phenoxy) is 1. The van der Waals surface area contributed by atoms with E-state index in [1.54, 1.807) is 36.4 Å². The van der Waals surface area contributed by atoms with Gasteiger partial charge in [-0.15, -0.1) is 0 Å². The number of methoxy groups -OCH3 is 1. The van der Waals surface area contributed by atoms with Crippen LogP contribution < -0.4 is 10.2 Å². The van der Waals surface area contributed by atoms with Gasteiger partial charge in [0.25, 0.3) is 0 Å². The zero-order valence-corrected chi connectivity index (χ0v) is 15.6. The largest absolute Gasteiger partial charge is 0.497 e. The van der Waals surface area contributed by atoms with Crippen molar-refractivity contribution in [1.29, 1.82) is 0 Å². The van der Waals surface area contributed by atoms with E-state index in [0.717, 1.165) is 12.8 Å². The quantitative estimate of drug-likeness (QED) is 0.663. The fourth-order valence-corrected chi connectivity index (χ4v) is 4.30. The summed E-state index contributed by atoms with van der Waals surface area (Å²) in [5.41, 5.74) is 0.201. The Bertz CT molecular complexity index is 1090. The number of aryl methyl sites for hydroxylation is 1. The van der Waals surface area contributed by atoms with Gasteiger partial charge in [0, 0.05) is 12.7 Å². The van der Waals surface area contributed by atoms with Crippen LogP contribution in [0.5, 0.6) is 5.75 Å². The van der Waals surface area contributed by atoms with Crippen molar-refractivity contribution < 1.29 is 13.2 Å². The van der Waals surface area contributed by atoms with E-state index in [2.05, 4.69) is 6.92 Å². The molecule has 0 unspecified atom stereocenters. The fourth-order valence-electron chi connectivity index (χ4n) is 2.91. The van der Waals surface area contributed by atoms with Gasteiger partial charge in [-0.2, -0.15) is 0 Å². The van der Waals surface area contributed by atoms with Crippen molar-refractivity contribution in [1.82, 2.24) is 4.57 Å². The van der Waals surface area contributed by atoms with E-state index in [1.807, 2.05) is 4.57 Å². The van der Waals surface area contributed by atoms with Crippen molar-refractivity contribution in [3.8, 4) is 5.75 Å². The molecular formula is C20H21NO4S. The zero-order chi connectivity index (χ0) is 18.7. The molecule has 0 radical (unpaired) electrons. The van der Waals surface area contributed by atoms with Crippen LogP contribution in [0.3, 0.4) is 0 Å². The summed E-state index contributed by atoms with van der Waals surface area (Å²) in [5.74, 6) is 0.519. The molecule has 5 nitrogen and oxygen atoms in total. The number of hydrogen-bond acceptors (Lipinski definition) is 4. The molecule has 0 bridgehead atoms. The molecule has 0 N–H and O–H groups in total. The Morgan fingerprint density at radius 1 is 1.08 bits per heavy atom. The minimum absolute atomic E-state index is 0.112. The molecule has 3 aromatic rings. The SMILES string of the molecule is CCCCn1cc(S(=O)(=O)c2ccccc2)c(=O)c2cc(OC)ccc21. The maximum atomic E-state index is 13.0. The predicted molar refractivity (Wildman–Crippen MR) is 102 cm³/mol. The summed E-state index contributed by atoms with van der Waals surface area (Å²) in [6.07, 6.45) is 3.31. The van der Waals surface area contributed by atoms with Crippen LogP contribution in [0, 0.1) is 0 Å². The first-order chi connectivity index (χ1) is 12.5. The lowest BCUT2D eigenvalue weighted by atomic mass is 10.2. The van der Waals surface area contributed by atoms with Crippen LogP contribution in [0.2, 0.25) is 0 Å². The summed E-state index contributed by atoms with van der Waals surface area (Å²) in [4.78, 5) is 12.9. The van der Waals surface area contributed by atoms with Gasteiger partial charge in [-0.25, -0.2) is 8.42 Å². The molecule has 0 amide bonds. The molecule has 26 heavy (non-hydrogen) atoms. The van der Waals surface area contributed by atoms with Crippen LogP contribution in [0.4, 0.5) is 0 Å². The van der Waals surface area contributed by atoms with Crippen LogP contribution in [0.25, 0.3) is 10.9 Å². The standard InChI is InChI=1S/C20H21NO4S/c1-3-4-12-21-14-19(26(23,24)16-8-6-5-7-9-16)20(22)17-13-15(25-2)10-11-18(17)21/h5-11,13-14H,3-4,12H2,1-2H3. The monoisotopic (exact) mass is 371 g/mol. The van der Waals surface area contributed by atoms with Gasteiger partial charge < -0.3 is 9.30 Å². The van der Waals surface area contributed by atoms with Gasteiger partial charge in [0.1, 0.15) is 10.6 Å². The second-order valence-electron chi connectivity index (χ2n) is 6.07. The smallest absolute Gasteiger partial charge is 0.211 e. The molecule has 2 aromatic carbocycles. The number of hydrogen-bond donors (Lipinski definition) is 0. The van der Waals surface area contributed by atoms with Crippen LogP contribution in [0.1, 0.15) is 19.8 Å². The van der Waals surface area contributed by atoms with Gasteiger partial charge in [0.05, 0.1) is 22.9 Å². The molecule has 136 valence electrons. The topological polar surface area (TPSA) is 65.4 Å². The lowest BCUT2D eigenvalue weighted by Gasteiger charge is -2.14. The molecule has 0 spiro atoms. The Labute approximate surface area is 152 Å². The van der Waals surface area contributed by atoms with Gasteiger partial charge in [0.15, 0.2) is 0 Å². The normalized spacial score (nSPS) is 11.6. The van der Waals surface area contributed by atoms with E-state index in [1.165, 1.54) is 25.4 Å². The van der Waals surface area contributed by atoms with Crippen molar-refractivity contribution in [2.75, 3.05) is 7.11 Å². The average molecular weight is 371 g/mol. The number of pyridine rings is 1. The Morgan fingerprint density at radius 2 is 1.81 bits per heavy atom. The lowest BCUT2D eigenvalue weighted by Crippen LogP contribution is -2.19. The number of unbranched alkanes of at least 4 members (excludes halogenated alkanes) is 1. The number of fused-ring (bicyclic) bond motifs is 1. The van der Waals surface area contributed by atoms with Crippen LogP contribution in [0.15, 0.2) is 69.3 Å². The molecule has 0 aliphatic rings. The molecule has 0 aliphatic heterocycles. The minimum atomic E-state index is -3.90. The van der Waals surface area contributed by atoms with Crippen LogP contribution >= 0.6 is 0 Å². The third-order valence-electron chi connectivity index (χ3n) is 4.35. The molecule has 1 heterocycles. The summed E-state index contributed by atoms with van der Waals surface area (Å²) >= 11 is 0. The Kier molecular flexibility index (Phi) is 5.13. The second kappa shape index (κ2) is 7.33. The first-order valence-corrected chi connectivity index (χ1v) is 9.98. The van der Waals surface area contributed by atoms with Gasteiger partial charge >= 0.3 is 0 Å². The average Bonchev–Trinajstić information content (AvgIpc) is 2.67. The Hall–Kier alpha value is -2.60. The van der Waals surface area contributed by atoms with E-state index in [9.17, 15) is 13.2 Å². The highest BCUT2D eigenvalue weighted by Gasteiger charge is 2.23. The maximum absolute atomic E-state index is 13.0. The highest BCUT2D eigenvalue weighted by Crippen LogP contribution is 2.24. The summed E-state index contributed by atoms with van der Waals surface area (Å²) in [6, 6.07) is 13.2. The van der Waals surface area contributed by atoms with Gasteiger partial charge in [-0.1, -0.05) is 31.5 Å². The molecule has 0 saturated heterocycles. The molecule has 0 atom stereocenters. The Balaban J connectivity index is 2.32. The molecule has 3 rings (SSSR count). The number of rotatable bonds is 6. The maximum Gasteiger partial charge on any atom is 0.211 e. The van der Waals surface area contributed by atoms with Gasteiger partial charge in [0.2, 0.25) is 15.3 Å². The molecule has 6 heteroatoms. The minimum Gasteiger partial charge on any atom is -0.497 e. The van der Waals surface area contributed by atoms with E-state index in [0.29, 0.717) is 23.2 Å². The van der Waals surface area contributed by atoms with E-state index < -0.39 is 15.3 Å². The zero-order valence-electron chi connectivity index (χ0n) is 14.8.